The molecular formula is C18H19NO4. The van der Waals surface area contributed by atoms with Gasteiger partial charge in [-0.05, 0) is 42.8 Å². The van der Waals surface area contributed by atoms with Crippen LogP contribution in [0.15, 0.2) is 48.5 Å². The van der Waals surface area contributed by atoms with E-state index < -0.39 is 5.97 Å². The van der Waals surface area contributed by atoms with E-state index in [2.05, 4.69) is 10.1 Å². The zero-order valence-corrected chi connectivity index (χ0v) is 13.2. The Morgan fingerprint density at radius 3 is 2.52 bits per heavy atom. The predicted octanol–water partition coefficient (Wildman–Crippen LogP) is 3.26. The number of rotatable bonds is 6. The lowest BCUT2D eigenvalue weighted by atomic mass is 10.1. The van der Waals surface area contributed by atoms with Gasteiger partial charge < -0.3 is 14.8 Å². The van der Waals surface area contributed by atoms with Gasteiger partial charge in [0.25, 0.3) is 5.91 Å². The van der Waals surface area contributed by atoms with Crippen LogP contribution in [0, 0.1) is 0 Å². The molecule has 2 aromatic rings. The van der Waals surface area contributed by atoms with Crippen LogP contribution < -0.4 is 5.32 Å². The third-order valence-corrected chi connectivity index (χ3v) is 3.20. The van der Waals surface area contributed by atoms with E-state index in [0.717, 1.165) is 5.56 Å². The molecule has 0 saturated carbocycles. The van der Waals surface area contributed by atoms with Crippen molar-refractivity contribution in [3.8, 4) is 0 Å². The minimum Gasteiger partial charge on any atom is -0.465 e. The molecule has 0 fully saturated rings. The molecule has 5 nitrogen and oxygen atoms in total. The Kier molecular flexibility index (Phi) is 5.88. The average molecular weight is 313 g/mol. The second-order valence-electron chi connectivity index (χ2n) is 4.86. The van der Waals surface area contributed by atoms with Crippen LogP contribution in [0.5, 0.6) is 0 Å². The van der Waals surface area contributed by atoms with Gasteiger partial charge in [0, 0.05) is 17.9 Å². The molecular weight excluding hydrogens is 294 g/mol. The molecule has 2 rings (SSSR count). The van der Waals surface area contributed by atoms with Crippen molar-refractivity contribution >= 4 is 17.6 Å². The fourth-order valence-electron chi connectivity index (χ4n) is 2.07. The fraction of sp³-hybridized carbons (Fsp3) is 0.222. The first kappa shape index (κ1) is 16.7. The second kappa shape index (κ2) is 8.10. The summed E-state index contributed by atoms with van der Waals surface area (Å²) < 4.78 is 10.0. The van der Waals surface area contributed by atoms with Crippen LogP contribution in [-0.4, -0.2) is 25.6 Å². The standard InChI is InChI=1S/C18H19NO4/c1-3-23-12-13-6-4-9-16(10-13)19-17(20)14-7-5-8-15(11-14)18(21)22-2/h4-11H,3,12H2,1-2H3,(H,19,20). The number of amides is 1. The summed E-state index contributed by atoms with van der Waals surface area (Å²) in [6.07, 6.45) is 0. The van der Waals surface area contributed by atoms with Crippen molar-refractivity contribution < 1.29 is 19.1 Å². The Morgan fingerprint density at radius 1 is 1.04 bits per heavy atom. The number of esters is 1. The van der Waals surface area contributed by atoms with Crippen LogP contribution in [-0.2, 0) is 16.1 Å². The average Bonchev–Trinajstić information content (AvgIpc) is 2.59. The van der Waals surface area contributed by atoms with E-state index in [0.29, 0.717) is 30.0 Å². The van der Waals surface area contributed by atoms with Crippen molar-refractivity contribution in [3.63, 3.8) is 0 Å². The van der Waals surface area contributed by atoms with Crippen molar-refractivity contribution in [3.05, 3.63) is 65.2 Å². The number of carbonyl (C=O) groups excluding carboxylic acids is 2. The number of carbonyl (C=O) groups is 2. The molecule has 0 spiro atoms. The molecule has 2 aromatic carbocycles. The van der Waals surface area contributed by atoms with Crippen LogP contribution in [0.1, 0.15) is 33.2 Å². The predicted molar refractivity (Wildman–Crippen MR) is 87.5 cm³/mol. The maximum Gasteiger partial charge on any atom is 0.337 e. The zero-order chi connectivity index (χ0) is 16.7. The van der Waals surface area contributed by atoms with Crippen molar-refractivity contribution in [1.82, 2.24) is 0 Å². The Hall–Kier alpha value is -2.66. The van der Waals surface area contributed by atoms with Crippen molar-refractivity contribution in [2.45, 2.75) is 13.5 Å². The molecule has 1 amide bonds. The van der Waals surface area contributed by atoms with Crippen LogP contribution in [0.4, 0.5) is 5.69 Å². The number of methoxy groups -OCH3 is 1. The highest BCUT2D eigenvalue weighted by Gasteiger charge is 2.11. The molecule has 0 aliphatic carbocycles. The molecule has 5 heteroatoms. The van der Waals surface area contributed by atoms with Crippen molar-refractivity contribution in [2.24, 2.45) is 0 Å². The molecule has 120 valence electrons. The molecule has 0 aliphatic rings. The quantitative estimate of drug-likeness (QED) is 0.831. The van der Waals surface area contributed by atoms with Gasteiger partial charge in [0.2, 0.25) is 0 Å². The summed E-state index contributed by atoms with van der Waals surface area (Å²) >= 11 is 0. The number of hydrogen-bond donors (Lipinski definition) is 1. The summed E-state index contributed by atoms with van der Waals surface area (Å²) in [5.41, 5.74) is 2.39. The molecule has 0 radical (unpaired) electrons. The molecule has 23 heavy (non-hydrogen) atoms. The maximum absolute atomic E-state index is 12.3. The van der Waals surface area contributed by atoms with Gasteiger partial charge in [-0.2, -0.15) is 0 Å². The third-order valence-electron chi connectivity index (χ3n) is 3.20. The van der Waals surface area contributed by atoms with Gasteiger partial charge in [-0.25, -0.2) is 4.79 Å². The fourth-order valence-corrected chi connectivity index (χ4v) is 2.07. The first-order chi connectivity index (χ1) is 11.1. The van der Waals surface area contributed by atoms with Gasteiger partial charge >= 0.3 is 5.97 Å². The van der Waals surface area contributed by atoms with E-state index >= 15 is 0 Å². The molecule has 0 aliphatic heterocycles. The third kappa shape index (κ3) is 4.66. The summed E-state index contributed by atoms with van der Waals surface area (Å²) in [4.78, 5) is 23.8. The first-order valence-corrected chi connectivity index (χ1v) is 7.30. The molecule has 0 aromatic heterocycles. The lowest BCUT2D eigenvalue weighted by Gasteiger charge is -2.08. The highest BCUT2D eigenvalue weighted by Crippen LogP contribution is 2.14. The van der Waals surface area contributed by atoms with E-state index in [1.165, 1.54) is 13.2 Å². The van der Waals surface area contributed by atoms with Gasteiger partial charge in [-0.3, -0.25) is 4.79 Å². The van der Waals surface area contributed by atoms with E-state index in [9.17, 15) is 9.59 Å². The van der Waals surface area contributed by atoms with Gasteiger partial charge in [-0.1, -0.05) is 18.2 Å². The Morgan fingerprint density at radius 2 is 1.78 bits per heavy atom. The minimum atomic E-state index is -0.474. The Bertz CT molecular complexity index is 697. The van der Waals surface area contributed by atoms with E-state index in [-0.39, 0.29) is 5.91 Å². The summed E-state index contributed by atoms with van der Waals surface area (Å²) in [6.45, 7) is 3.06. The highest BCUT2D eigenvalue weighted by molar-refractivity contribution is 6.05. The summed E-state index contributed by atoms with van der Waals surface area (Å²) in [5, 5.41) is 2.81. The summed E-state index contributed by atoms with van der Waals surface area (Å²) in [6, 6.07) is 13.8. The second-order valence-corrected chi connectivity index (χ2v) is 4.86. The molecule has 0 saturated heterocycles. The lowest BCUT2D eigenvalue weighted by molar-refractivity contribution is 0.0600. The topological polar surface area (TPSA) is 64.6 Å². The van der Waals surface area contributed by atoms with Gasteiger partial charge in [-0.15, -0.1) is 0 Å². The van der Waals surface area contributed by atoms with Gasteiger partial charge in [0.15, 0.2) is 0 Å². The van der Waals surface area contributed by atoms with E-state index in [1.807, 2.05) is 25.1 Å². The SMILES string of the molecule is CCOCc1cccc(NC(=O)c2cccc(C(=O)OC)c2)c1. The largest absolute Gasteiger partial charge is 0.465 e. The van der Waals surface area contributed by atoms with Gasteiger partial charge in [0.05, 0.1) is 19.3 Å². The first-order valence-electron chi connectivity index (χ1n) is 7.30. The monoisotopic (exact) mass is 313 g/mol. The Labute approximate surface area is 135 Å². The van der Waals surface area contributed by atoms with Crippen LogP contribution in [0.3, 0.4) is 0 Å². The normalized spacial score (nSPS) is 10.2. The van der Waals surface area contributed by atoms with E-state index in [4.69, 9.17) is 4.74 Å². The molecule has 0 unspecified atom stereocenters. The van der Waals surface area contributed by atoms with Crippen LogP contribution in [0.2, 0.25) is 0 Å². The molecule has 0 bridgehead atoms. The van der Waals surface area contributed by atoms with Crippen molar-refractivity contribution in [2.75, 3.05) is 19.0 Å². The number of benzene rings is 2. The molecule has 1 N–H and O–H groups in total. The van der Waals surface area contributed by atoms with Crippen LogP contribution in [0.25, 0.3) is 0 Å². The Balaban J connectivity index is 2.11. The summed E-state index contributed by atoms with van der Waals surface area (Å²) in [5.74, 6) is -0.761. The van der Waals surface area contributed by atoms with E-state index in [1.54, 1.807) is 24.3 Å². The summed E-state index contributed by atoms with van der Waals surface area (Å²) in [7, 11) is 1.30. The lowest BCUT2D eigenvalue weighted by Crippen LogP contribution is -2.13. The zero-order valence-electron chi connectivity index (χ0n) is 13.2. The number of hydrogen-bond acceptors (Lipinski definition) is 4. The molecule has 0 heterocycles. The van der Waals surface area contributed by atoms with Crippen LogP contribution >= 0.6 is 0 Å². The minimum absolute atomic E-state index is 0.288. The number of anilines is 1. The van der Waals surface area contributed by atoms with Crippen molar-refractivity contribution in [1.29, 1.82) is 0 Å². The van der Waals surface area contributed by atoms with Gasteiger partial charge in [0.1, 0.15) is 0 Å². The molecule has 0 atom stereocenters. The smallest absolute Gasteiger partial charge is 0.337 e. The highest BCUT2D eigenvalue weighted by atomic mass is 16.5. The maximum atomic E-state index is 12.3. The number of nitrogens with one attached hydrogen (secondary N) is 1. The number of ether oxygens (including phenoxy) is 2.